The van der Waals surface area contributed by atoms with Gasteiger partial charge in [-0.25, -0.2) is 10.0 Å². The van der Waals surface area contributed by atoms with Crippen molar-refractivity contribution in [2.24, 2.45) is 0 Å². The number of aryl methyl sites for hydroxylation is 2. The third-order valence-corrected chi connectivity index (χ3v) is 11.4. The molecule has 2 aromatic heterocycles. The lowest BCUT2D eigenvalue weighted by Crippen LogP contribution is -2.00. The maximum absolute atomic E-state index is 6.53. The summed E-state index contributed by atoms with van der Waals surface area (Å²) in [5, 5.41) is 9.14. The van der Waals surface area contributed by atoms with Crippen molar-refractivity contribution in [3.63, 3.8) is 0 Å². The molecule has 0 N–H and O–H groups in total. The summed E-state index contributed by atoms with van der Waals surface area (Å²) in [4.78, 5) is 0. The molecule has 0 saturated carbocycles. The van der Waals surface area contributed by atoms with Crippen molar-refractivity contribution in [3.05, 3.63) is 132 Å². The fourth-order valence-electron chi connectivity index (χ4n) is 7.21. The molecule has 0 aliphatic heterocycles. The summed E-state index contributed by atoms with van der Waals surface area (Å²) in [6, 6.07) is 44.5. The van der Waals surface area contributed by atoms with Gasteiger partial charge in [-0.15, -0.1) is 0 Å². The minimum Gasteiger partial charge on any atom is -0.456 e. The second-order valence-corrected chi connectivity index (χ2v) is 18.9. The number of fused-ring (bicyclic) bond motifs is 8. The van der Waals surface area contributed by atoms with Crippen molar-refractivity contribution in [3.8, 4) is 22.3 Å². The largest absolute Gasteiger partial charge is 0.456 e. The molecule has 0 unspecified atom stereocenters. The zero-order valence-corrected chi connectivity index (χ0v) is 28.7. The van der Waals surface area contributed by atoms with Crippen molar-refractivity contribution in [2.75, 3.05) is 24.5 Å². The first-order valence-corrected chi connectivity index (χ1v) is 19.8. The molecule has 2 heterocycles. The third kappa shape index (κ3) is 5.23. The Bertz CT molecular complexity index is 2670. The minimum atomic E-state index is -0.436. The van der Waals surface area contributed by atoms with Crippen LogP contribution in [0.15, 0.2) is 130 Å². The van der Waals surface area contributed by atoms with Crippen LogP contribution < -0.4 is 0 Å². The molecule has 236 valence electrons. The first-order chi connectivity index (χ1) is 23.2. The lowest BCUT2D eigenvalue weighted by atomic mass is 9.98. The van der Waals surface area contributed by atoms with E-state index in [1.807, 2.05) is 0 Å². The molecule has 0 fully saturated rings. The maximum Gasteiger partial charge on any atom is 0.136 e. The number of furan rings is 2. The smallest absolute Gasteiger partial charge is 0.136 e. The lowest BCUT2D eigenvalue weighted by molar-refractivity contribution is 0.664. The highest BCUT2D eigenvalue weighted by Crippen LogP contribution is 2.40. The molecule has 9 rings (SSSR count). The second-order valence-electron chi connectivity index (χ2n) is 14.3. The number of hydrogen-bond donors (Lipinski definition) is 0. The summed E-state index contributed by atoms with van der Waals surface area (Å²) in [7, 11) is -0.436. The zero-order chi connectivity index (χ0) is 32.6. The summed E-state index contributed by atoms with van der Waals surface area (Å²) in [5.74, 6) is 1.33. The molecule has 0 saturated heterocycles. The van der Waals surface area contributed by atoms with E-state index in [4.69, 9.17) is 8.83 Å². The minimum absolute atomic E-state index is 0.436. The van der Waals surface area contributed by atoms with Gasteiger partial charge in [0.05, 0.1) is 0 Å². The summed E-state index contributed by atoms with van der Waals surface area (Å²) in [6.07, 6.45) is 9.61. The van der Waals surface area contributed by atoms with Gasteiger partial charge in [-0.05, 0) is 142 Å². The van der Waals surface area contributed by atoms with Crippen LogP contribution in [0.2, 0.25) is 0 Å². The Labute approximate surface area is 282 Å². The lowest BCUT2D eigenvalue weighted by Gasteiger charge is -2.24. The van der Waals surface area contributed by atoms with E-state index >= 15 is 0 Å². The quantitative estimate of drug-likeness (QED) is 0.180. The summed E-state index contributed by atoms with van der Waals surface area (Å²) >= 11 is 0. The Morgan fingerprint density at radius 2 is 0.875 bits per heavy atom. The maximum atomic E-state index is 6.53. The molecule has 2 nitrogen and oxygen atoms in total. The van der Waals surface area contributed by atoms with Crippen LogP contribution in [0.4, 0.5) is 0 Å². The predicted octanol–water partition coefficient (Wildman–Crippen LogP) is 13.1. The Morgan fingerprint density at radius 1 is 0.438 bits per heavy atom. The molecule has 0 radical (unpaired) electrons. The van der Waals surface area contributed by atoms with E-state index in [0.717, 1.165) is 50.3 Å². The van der Waals surface area contributed by atoms with Crippen LogP contribution in [-0.2, 0) is 6.42 Å². The third-order valence-electron chi connectivity index (χ3n) is 9.87. The van der Waals surface area contributed by atoms with E-state index in [1.54, 1.807) is 0 Å². The van der Waals surface area contributed by atoms with E-state index < -0.39 is 10.0 Å². The second kappa shape index (κ2) is 11.0. The van der Waals surface area contributed by atoms with Crippen molar-refractivity contribution >= 4 is 75.4 Å². The normalized spacial score (nSPS) is 12.8. The Balaban J connectivity index is 1.06. The molecule has 3 heteroatoms. The Hall–Kier alpha value is -4.99. The zero-order valence-electron chi connectivity index (χ0n) is 27.9. The molecule has 0 aliphatic rings. The van der Waals surface area contributed by atoms with Gasteiger partial charge in [0.15, 0.2) is 0 Å². The van der Waals surface area contributed by atoms with E-state index in [0.29, 0.717) is 0 Å². The first-order valence-electron chi connectivity index (χ1n) is 16.8. The Morgan fingerprint density at radius 3 is 1.38 bits per heavy atom. The monoisotopic (exact) mass is 642 g/mol. The highest BCUT2D eigenvalue weighted by Gasteiger charge is 2.16. The highest BCUT2D eigenvalue weighted by atomic mass is 32.3. The van der Waals surface area contributed by atoms with Gasteiger partial charge in [0.1, 0.15) is 22.3 Å². The molecule has 9 aromatic rings. The summed E-state index contributed by atoms with van der Waals surface area (Å²) in [6.45, 7) is 2.12. The van der Waals surface area contributed by atoms with Gasteiger partial charge < -0.3 is 8.83 Å². The highest BCUT2D eigenvalue weighted by molar-refractivity contribution is 8.32. The van der Waals surface area contributed by atoms with Gasteiger partial charge in [0.25, 0.3) is 0 Å². The van der Waals surface area contributed by atoms with Gasteiger partial charge in [-0.1, -0.05) is 78.4 Å². The SMILES string of the molecule is Cc1ccc(-c2ccc3cc4c(cc3c2)oc2cc3c(cc24)oc2cc4cc(-c5ccc(CCCS(C)(C)C)cc5)ccc4cc23)cc1. The van der Waals surface area contributed by atoms with Crippen LogP contribution >= 0.6 is 10.0 Å². The van der Waals surface area contributed by atoms with Crippen LogP contribution in [0.25, 0.3) is 87.7 Å². The van der Waals surface area contributed by atoms with Crippen LogP contribution in [0.5, 0.6) is 0 Å². The van der Waals surface area contributed by atoms with Gasteiger partial charge in [-0.3, -0.25) is 0 Å². The van der Waals surface area contributed by atoms with Gasteiger partial charge in [0.2, 0.25) is 0 Å². The van der Waals surface area contributed by atoms with Crippen molar-refractivity contribution in [2.45, 2.75) is 19.8 Å². The van der Waals surface area contributed by atoms with E-state index in [2.05, 4.69) is 147 Å². The first kappa shape index (κ1) is 29.2. The predicted molar refractivity (Wildman–Crippen MR) is 210 cm³/mol. The molecule has 0 spiro atoms. The molecule has 48 heavy (non-hydrogen) atoms. The topological polar surface area (TPSA) is 26.3 Å². The van der Waals surface area contributed by atoms with Crippen molar-refractivity contribution in [1.82, 2.24) is 0 Å². The molecule has 7 aromatic carbocycles. The van der Waals surface area contributed by atoms with E-state index in [1.165, 1.54) is 67.1 Å². The molecular formula is C45H38O2S. The molecule has 0 amide bonds. The fraction of sp³-hybridized carbons (Fsp3) is 0.156. The summed E-state index contributed by atoms with van der Waals surface area (Å²) < 4.78 is 13.0. The summed E-state index contributed by atoms with van der Waals surface area (Å²) in [5.41, 5.74) is 11.2. The number of benzene rings is 7. The average Bonchev–Trinajstić information content (AvgIpc) is 3.60. The van der Waals surface area contributed by atoms with Crippen molar-refractivity contribution in [1.29, 1.82) is 0 Å². The molecule has 0 bridgehead atoms. The number of rotatable bonds is 6. The van der Waals surface area contributed by atoms with Gasteiger partial charge in [-0.2, -0.15) is 0 Å². The molecular weight excluding hydrogens is 605 g/mol. The molecule has 0 aliphatic carbocycles. The van der Waals surface area contributed by atoms with Gasteiger partial charge in [0, 0.05) is 21.5 Å². The van der Waals surface area contributed by atoms with E-state index in [-0.39, 0.29) is 0 Å². The van der Waals surface area contributed by atoms with Crippen LogP contribution in [0.1, 0.15) is 17.5 Å². The van der Waals surface area contributed by atoms with Crippen molar-refractivity contribution < 1.29 is 8.83 Å². The van der Waals surface area contributed by atoms with Crippen LogP contribution in [0, 0.1) is 6.92 Å². The molecule has 0 atom stereocenters. The fourth-order valence-corrected chi connectivity index (χ4v) is 8.22. The van der Waals surface area contributed by atoms with E-state index in [9.17, 15) is 0 Å². The van der Waals surface area contributed by atoms with Crippen LogP contribution in [-0.4, -0.2) is 24.5 Å². The standard InChI is InChI=1S/C45H38O2S/c1-28-7-11-30(12-8-28)32-15-17-34-22-38-40-26-45-41(27-44(40)46-42(38)24-36(34)20-32)39-23-35-18-16-33(21-37(35)25-43(39)47-45)31-13-9-29(10-14-31)6-5-19-48(2,3)4/h7-18,20-27H,5-6,19H2,1-4H3. The number of hydrogen-bond acceptors (Lipinski definition) is 2. The average molecular weight is 643 g/mol. The Kier molecular flexibility index (Phi) is 6.71. The van der Waals surface area contributed by atoms with Gasteiger partial charge >= 0.3 is 0 Å². The van der Waals surface area contributed by atoms with Crippen LogP contribution in [0.3, 0.4) is 0 Å².